The molecule has 108 heavy (non-hydrogen) atoms. The third kappa shape index (κ3) is 33.8. The van der Waals surface area contributed by atoms with Gasteiger partial charge in [0.1, 0.15) is 61.4 Å². The Morgan fingerprint density at radius 3 is 1.19 bits per heavy atom. The number of aliphatic hydroxyl groups excluding tert-OH is 15. The number of carboxylic acids is 4. The topological polar surface area (TPSA) is 737 Å². The molecule has 0 heterocycles. The number of nitrogens with two attached hydrogens (primary N) is 2. The van der Waals surface area contributed by atoms with E-state index < -0.39 is 243 Å². The second-order valence-electron chi connectivity index (χ2n) is 23.9. The fraction of sp³-hybridized carbons (Fsp3) is 0.448. The molecule has 0 bridgehead atoms. The van der Waals surface area contributed by atoms with Crippen molar-refractivity contribution in [1.29, 1.82) is 16.2 Å². The number of aliphatic hydroxyl groups is 15. The number of hydrogen-bond donors (Lipinski definition) is 25. The Labute approximate surface area is 616 Å². The van der Waals surface area contributed by atoms with E-state index in [4.69, 9.17) is 27.7 Å². The molecule has 41 heteroatoms. The zero-order chi connectivity index (χ0) is 80.7. The maximum Gasteiger partial charge on any atom is 0.329 e. The minimum absolute atomic E-state index is 0.0695. The van der Waals surface area contributed by atoms with Crippen LogP contribution in [0.25, 0.3) is 0 Å². The molecule has 0 spiro atoms. The maximum absolute atomic E-state index is 12.4. The lowest BCUT2D eigenvalue weighted by molar-refractivity contribution is -0.139. The molecule has 3 aromatic rings. The van der Waals surface area contributed by atoms with Crippen molar-refractivity contribution in [3.05, 3.63) is 108 Å². The van der Waals surface area contributed by atoms with Gasteiger partial charge in [0.05, 0.1) is 31.9 Å². The summed E-state index contributed by atoms with van der Waals surface area (Å²) < 4.78 is 0. The van der Waals surface area contributed by atoms with E-state index in [9.17, 15) is 116 Å². The van der Waals surface area contributed by atoms with Crippen molar-refractivity contribution in [2.45, 2.75) is 157 Å². The van der Waals surface area contributed by atoms with Gasteiger partial charge in [-0.3, -0.25) is 30.6 Å². The van der Waals surface area contributed by atoms with Gasteiger partial charge in [-0.1, -0.05) is 111 Å². The molecule has 1 unspecified atom stereocenters. The summed E-state index contributed by atoms with van der Waals surface area (Å²) in [6, 6.07) is 5.34. The summed E-state index contributed by atoms with van der Waals surface area (Å²) in [5, 5.41) is 228. The van der Waals surface area contributed by atoms with Gasteiger partial charge in [0.2, 0.25) is 64.9 Å². The average Bonchev–Trinajstić information content (AvgIpc) is 0.862. The van der Waals surface area contributed by atoms with E-state index in [0.29, 0.717) is 16.7 Å². The van der Waals surface area contributed by atoms with E-state index in [1.807, 2.05) is 0 Å². The van der Waals surface area contributed by atoms with Crippen molar-refractivity contribution >= 4 is 112 Å². The first-order valence-electron chi connectivity index (χ1n) is 33.1. The highest BCUT2D eigenvalue weighted by atomic mass is 16.4. The maximum atomic E-state index is 12.4. The molecule has 0 aliphatic heterocycles. The van der Waals surface area contributed by atoms with Crippen LogP contribution in [-0.2, 0) is 38.4 Å². The molecular formula is C67H92N18O23. The van der Waals surface area contributed by atoms with Crippen LogP contribution in [0.4, 0.5) is 0 Å². The molecule has 41 nitrogen and oxygen atoms in total. The largest absolute Gasteiger partial charge is 0.497 e. The predicted octanol–water partition coefficient (Wildman–Crippen LogP) is 4.26. The number of benzene rings is 3. The first-order chi connectivity index (χ1) is 51.0. The molecule has 3 aromatic carbocycles. The number of nitrogens with one attached hydrogen (secondary N) is 4. The molecule has 588 valence electrons. The number of carbonyl (C=O) groups is 4. The van der Waals surface area contributed by atoms with Crippen LogP contribution in [0, 0.1) is 22.1 Å². The Kier molecular flexibility index (Phi) is 38.3. The zero-order valence-corrected chi connectivity index (χ0v) is 58.6. The highest BCUT2D eigenvalue weighted by Gasteiger charge is 2.33. The fourth-order valence-corrected chi connectivity index (χ4v) is 9.52. The normalized spacial score (nSPS) is 17.0. The monoisotopic (exact) mass is 1520 g/mol. The molecule has 0 saturated heterocycles. The molecule has 0 aromatic heterocycles. The second kappa shape index (κ2) is 46.2. The Morgan fingerprint density at radius 1 is 0.417 bits per heavy atom. The van der Waals surface area contributed by atoms with Gasteiger partial charge in [-0.25, -0.2) is 64.7 Å². The third-order valence-corrected chi connectivity index (χ3v) is 15.2. The predicted molar refractivity (Wildman–Crippen MR) is 401 cm³/mol. The molecule has 0 aliphatic carbocycles. The first kappa shape index (κ1) is 89.5. The summed E-state index contributed by atoms with van der Waals surface area (Å²) in [6.45, 7) is 0.0786. The van der Waals surface area contributed by atoms with Gasteiger partial charge in [0.25, 0.3) is 0 Å². The van der Waals surface area contributed by atoms with Gasteiger partial charge in [-0.05, 0) is 41.9 Å². The number of rotatable bonds is 49. The molecule has 3 rings (SSSR count). The van der Waals surface area contributed by atoms with Gasteiger partial charge in [-0.2, -0.15) is 0 Å². The lowest BCUT2D eigenvalue weighted by Crippen LogP contribution is -2.36. The number of aliphatic carboxylic acids is 4. The highest BCUT2D eigenvalue weighted by molar-refractivity contribution is 5.96. The van der Waals surface area contributed by atoms with Gasteiger partial charge in [0.15, 0.2) is 35.7 Å². The molecule has 27 N–H and O–H groups in total. The van der Waals surface area contributed by atoms with E-state index >= 15 is 0 Å². The quantitative estimate of drug-likeness (QED) is 0.0213. The van der Waals surface area contributed by atoms with Crippen LogP contribution in [0.3, 0.4) is 0 Å². The van der Waals surface area contributed by atoms with Crippen LogP contribution in [0.2, 0.25) is 0 Å². The molecule has 0 radical (unpaired) electrons. The summed E-state index contributed by atoms with van der Waals surface area (Å²) in [4.78, 5) is 95.7. The molecule has 0 amide bonds. The Bertz CT molecular complexity index is 3890. The third-order valence-electron chi connectivity index (χ3n) is 15.2. The number of carboxylic acid groups (broad SMARTS) is 4. The van der Waals surface area contributed by atoms with Crippen LogP contribution >= 0.6 is 0 Å². The summed E-state index contributed by atoms with van der Waals surface area (Å²) in [6.07, 6.45) is -6.12. The van der Waals surface area contributed by atoms with E-state index in [2.05, 4.69) is 65.2 Å². The van der Waals surface area contributed by atoms with Crippen LogP contribution in [0.15, 0.2) is 151 Å². The van der Waals surface area contributed by atoms with Gasteiger partial charge in [-0.15, -0.1) is 0 Å². The van der Waals surface area contributed by atoms with E-state index in [1.165, 1.54) is 6.92 Å². The summed E-state index contributed by atoms with van der Waals surface area (Å²) in [5.41, 5.74) is 12.8. The summed E-state index contributed by atoms with van der Waals surface area (Å²) in [7, 11) is 0. The van der Waals surface area contributed by atoms with Gasteiger partial charge in [0, 0.05) is 38.6 Å². The standard InChI is InChI=1S/C67H92N18O23/c1-3-34(2)55(85-60(101)40(21-22-52(91)92)79-63(104)44(29-53(93)94)81-62(103)43(26-37-18-11-6-12-19-37)80-56(97)38(68)27-48(69)87)65(106)82-45(30-54(95)96)64(105)78-39(20-13-23-73-67(71)72)59(100)84-47(33-86)58(99)75-32-50(89)76-41(24-35-14-7-4-8-15-35)57(98)74-31-51(90)77-42(25-36-16-9-5-10-17-36)61(102)83-46(66(107)108)28-49(70)88/h4-12,14-19,34,38-47,55,86H,3,13,20-33,68H2,1-2H3,(H2,69,87)(H2,70,88)(H,74,98)(H,75,99)(H,76,89)(H,77,90)(H,78,105)(H,79,104)(H,80,97)(H,81,103)(H,82,106)(H,83,102)(H,84,100)(H,85,101)(H,91,92)(H,93,94)(H,95,96)(H,107,108)(H4,71,72,73)/t34-,38-,39?,40-,41-,42-,43-,44-,45-,46-,47-,55-/m0/s1. The van der Waals surface area contributed by atoms with E-state index in [1.54, 1.807) is 97.9 Å². The van der Waals surface area contributed by atoms with Crippen LogP contribution in [0.1, 0.15) is 88.3 Å². The van der Waals surface area contributed by atoms with Crippen molar-refractivity contribution in [3.8, 4) is 0 Å². The minimum Gasteiger partial charge on any atom is -0.497 e. The molecule has 12 atom stereocenters. The van der Waals surface area contributed by atoms with E-state index in [0.717, 1.165) is 0 Å². The highest BCUT2D eigenvalue weighted by Crippen LogP contribution is 2.20. The number of hydrogen-bond acceptors (Lipinski definition) is 21. The number of nitrogens with zero attached hydrogens (tertiary/aromatic N) is 12. The molecular weight excluding hydrogens is 1420 g/mol. The SMILES string of the molecule is CC[C@H](C)[C@H](N=C(O)[C@H](CCC(=O)O)N=C(O)[C@H](CC(=O)O)N=C(O)[C@H](Cc1ccccc1)N=C(O)[C@@H](N)CC(=N)O)C(O)=N[C@@H](CC(=O)O)C(O)=NC(CCCNC(=N)N)C(O)=N[C@@H](CO)C(O)=NCC(O)=N[C@@H](Cc1ccccc1)C(O)=NCC(O)=N[C@@H](Cc1ccccc1)C(O)=N[C@@H](CC(=N)O)C(=O)O. The lowest BCUT2D eigenvalue weighted by Gasteiger charge is -2.21. The van der Waals surface area contributed by atoms with Crippen molar-refractivity contribution in [1.82, 2.24) is 5.32 Å². The first-order valence-corrected chi connectivity index (χ1v) is 33.1. The number of guanidine groups is 1. The van der Waals surface area contributed by atoms with E-state index in [-0.39, 0.29) is 45.1 Å². The van der Waals surface area contributed by atoms with Gasteiger partial charge >= 0.3 is 23.9 Å². The lowest BCUT2D eigenvalue weighted by atomic mass is 9.99. The Morgan fingerprint density at radius 2 is 0.778 bits per heavy atom. The van der Waals surface area contributed by atoms with Crippen LogP contribution < -0.4 is 16.8 Å². The Hall–Kier alpha value is -12.7. The Balaban J connectivity index is 2.13. The molecule has 0 fully saturated rings. The van der Waals surface area contributed by atoms with Crippen LogP contribution in [-0.4, -0.2) is 302 Å². The average molecular weight is 1520 g/mol. The zero-order valence-electron chi connectivity index (χ0n) is 58.6. The molecule has 0 aliphatic rings. The van der Waals surface area contributed by atoms with Crippen molar-refractivity contribution in [2.75, 3.05) is 26.2 Å². The summed E-state index contributed by atoms with van der Waals surface area (Å²) >= 11 is 0. The van der Waals surface area contributed by atoms with Crippen LogP contribution in [0.5, 0.6) is 0 Å². The summed E-state index contributed by atoms with van der Waals surface area (Å²) in [5.74, 6) is -22.0. The smallest absolute Gasteiger partial charge is 0.329 e. The second-order valence-corrected chi connectivity index (χ2v) is 23.9. The van der Waals surface area contributed by atoms with Gasteiger partial charge < -0.3 is 114 Å². The van der Waals surface area contributed by atoms with Crippen molar-refractivity contribution in [2.24, 2.45) is 77.3 Å². The fourth-order valence-electron chi connectivity index (χ4n) is 9.52. The molecule has 0 saturated carbocycles. The van der Waals surface area contributed by atoms with Crippen molar-refractivity contribution in [3.63, 3.8) is 0 Å². The number of aliphatic imine (C=N–C) groups is 12. The minimum atomic E-state index is -2.09. The van der Waals surface area contributed by atoms with Crippen molar-refractivity contribution < 1.29 is 116 Å².